The Labute approximate surface area is 218 Å². The number of carboxylic acids is 1. The topological polar surface area (TPSA) is 116 Å². The Balaban J connectivity index is 1.69. The summed E-state index contributed by atoms with van der Waals surface area (Å²) < 4.78 is 33.3. The van der Waals surface area contributed by atoms with Crippen molar-refractivity contribution in [1.82, 2.24) is 15.1 Å². The van der Waals surface area contributed by atoms with E-state index >= 15 is 0 Å². The molecule has 11 heteroatoms. The molecule has 2 fully saturated rings. The van der Waals surface area contributed by atoms with E-state index < -0.39 is 60.1 Å². The van der Waals surface area contributed by atoms with Crippen LogP contribution in [0.1, 0.15) is 53.2 Å². The van der Waals surface area contributed by atoms with Crippen molar-refractivity contribution in [1.29, 1.82) is 0 Å². The first kappa shape index (κ1) is 27.2. The molecule has 3 amide bonds. The molecule has 2 aliphatic rings. The largest absolute Gasteiger partial charge is 0.481 e. The van der Waals surface area contributed by atoms with Crippen LogP contribution in [-0.2, 0) is 19.1 Å². The third kappa shape index (κ3) is 6.16. The molecule has 2 aromatic rings. The van der Waals surface area contributed by atoms with Gasteiger partial charge in [-0.1, -0.05) is 29.8 Å². The van der Waals surface area contributed by atoms with Gasteiger partial charge in [0.25, 0.3) is 17.7 Å². The third-order valence-electron chi connectivity index (χ3n) is 6.62. The van der Waals surface area contributed by atoms with Crippen LogP contribution >= 0.6 is 0 Å². The zero-order valence-electron chi connectivity index (χ0n) is 20.9. The average molecular weight is 530 g/mol. The minimum absolute atomic E-state index is 0.0401. The summed E-state index contributed by atoms with van der Waals surface area (Å²) in [6.45, 7) is 2.40. The van der Waals surface area contributed by atoms with Crippen LogP contribution in [0.2, 0.25) is 0 Å². The van der Waals surface area contributed by atoms with Crippen LogP contribution < -0.4 is 5.32 Å². The van der Waals surface area contributed by atoms with Gasteiger partial charge in [0, 0.05) is 31.3 Å². The highest BCUT2D eigenvalue weighted by Crippen LogP contribution is 2.25. The minimum Gasteiger partial charge on any atom is -0.481 e. The van der Waals surface area contributed by atoms with Crippen LogP contribution in [0.4, 0.5) is 8.78 Å². The molecule has 0 aliphatic carbocycles. The predicted octanol–water partition coefficient (Wildman–Crippen LogP) is 2.79. The Bertz CT molecular complexity index is 1210. The van der Waals surface area contributed by atoms with Crippen molar-refractivity contribution in [3.63, 3.8) is 0 Å². The van der Waals surface area contributed by atoms with E-state index in [0.717, 1.165) is 22.6 Å². The van der Waals surface area contributed by atoms with Gasteiger partial charge in [0.15, 0.2) is 6.17 Å². The second kappa shape index (κ2) is 11.7. The molecule has 2 heterocycles. The Hall–Kier alpha value is -3.86. The number of hydrogen-bond acceptors (Lipinski definition) is 5. The number of halogens is 2. The van der Waals surface area contributed by atoms with Crippen LogP contribution in [-0.4, -0.2) is 70.6 Å². The van der Waals surface area contributed by atoms with Crippen molar-refractivity contribution >= 4 is 23.7 Å². The number of carbonyl (C=O) groups is 4. The molecule has 2 aliphatic heterocycles. The molecule has 2 aromatic carbocycles. The number of nitrogens with one attached hydrogen (secondary N) is 1. The first-order valence-electron chi connectivity index (χ1n) is 12.4. The highest BCUT2D eigenvalue weighted by atomic mass is 19.1. The van der Waals surface area contributed by atoms with Crippen LogP contribution in [0.25, 0.3) is 0 Å². The number of carboxylic acid groups (broad SMARTS) is 1. The van der Waals surface area contributed by atoms with Crippen LogP contribution in [0.3, 0.4) is 0 Å². The fourth-order valence-electron chi connectivity index (χ4n) is 4.91. The molecule has 3 atom stereocenters. The summed E-state index contributed by atoms with van der Waals surface area (Å²) in [5.74, 6) is -5.17. The van der Waals surface area contributed by atoms with Crippen molar-refractivity contribution < 1.29 is 37.8 Å². The van der Waals surface area contributed by atoms with Gasteiger partial charge in [0.1, 0.15) is 17.7 Å². The van der Waals surface area contributed by atoms with E-state index in [1.54, 1.807) is 18.2 Å². The molecule has 202 valence electrons. The normalized spacial score (nSPS) is 20.2. The highest BCUT2D eigenvalue weighted by Gasteiger charge is 2.44. The SMILES string of the molecule is Cc1cccc(C(CC(=O)O)NC(=O)C2N(C(=O)c3cc(F)cc(F)c3)CCCN2C(=O)C2CCCO2)c1. The van der Waals surface area contributed by atoms with Crippen LogP contribution in [0.15, 0.2) is 42.5 Å². The number of carbonyl (C=O) groups excluding carboxylic acids is 3. The van der Waals surface area contributed by atoms with Gasteiger partial charge in [-0.15, -0.1) is 0 Å². The molecule has 0 radical (unpaired) electrons. The van der Waals surface area contributed by atoms with Crippen LogP contribution in [0.5, 0.6) is 0 Å². The smallest absolute Gasteiger partial charge is 0.305 e. The second-order valence-electron chi connectivity index (χ2n) is 9.49. The molecule has 9 nitrogen and oxygen atoms in total. The number of ether oxygens (including phenoxy) is 1. The fraction of sp³-hybridized carbons (Fsp3) is 0.407. The number of benzene rings is 2. The van der Waals surface area contributed by atoms with Gasteiger partial charge in [-0.05, 0) is 43.9 Å². The quantitative estimate of drug-likeness (QED) is 0.570. The van der Waals surface area contributed by atoms with Gasteiger partial charge in [-0.3, -0.25) is 19.2 Å². The number of aliphatic carboxylic acids is 1. The summed E-state index contributed by atoms with van der Waals surface area (Å²) in [6.07, 6.45) is -1.25. The molecule has 0 bridgehead atoms. The Kier molecular flexibility index (Phi) is 8.35. The molecular formula is C27H29F2N3O6. The summed E-state index contributed by atoms with van der Waals surface area (Å²) in [6, 6.07) is 8.37. The van der Waals surface area contributed by atoms with E-state index in [0.29, 0.717) is 37.5 Å². The lowest BCUT2D eigenvalue weighted by Gasteiger charge is -2.43. The zero-order chi connectivity index (χ0) is 27.4. The van der Waals surface area contributed by atoms with Crippen LogP contribution in [0, 0.1) is 18.6 Å². The number of nitrogens with zero attached hydrogens (tertiary/aromatic N) is 2. The lowest BCUT2D eigenvalue weighted by Crippen LogP contribution is -2.65. The van der Waals surface area contributed by atoms with Gasteiger partial charge in [-0.2, -0.15) is 0 Å². The van der Waals surface area contributed by atoms with E-state index in [1.807, 2.05) is 13.0 Å². The maximum absolute atomic E-state index is 13.9. The highest BCUT2D eigenvalue weighted by molar-refractivity contribution is 5.99. The van der Waals surface area contributed by atoms with E-state index in [9.17, 15) is 33.1 Å². The van der Waals surface area contributed by atoms with Crippen molar-refractivity contribution in [3.05, 3.63) is 70.8 Å². The summed E-state index contributed by atoms with van der Waals surface area (Å²) in [7, 11) is 0. The lowest BCUT2D eigenvalue weighted by atomic mass is 10.0. The number of hydrogen-bond donors (Lipinski definition) is 2. The van der Waals surface area contributed by atoms with Gasteiger partial charge < -0.3 is 25.0 Å². The monoisotopic (exact) mass is 529 g/mol. The summed E-state index contributed by atoms with van der Waals surface area (Å²) in [5.41, 5.74) is 1.08. The Morgan fingerprint density at radius 3 is 2.39 bits per heavy atom. The number of rotatable bonds is 7. The van der Waals surface area contributed by atoms with Crippen molar-refractivity contribution in [3.8, 4) is 0 Å². The molecule has 2 saturated heterocycles. The minimum atomic E-state index is -1.47. The maximum atomic E-state index is 13.9. The molecule has 4 rings (SSSR count). The molecule has 0 aromatic heterocycles. The zero-order valence-corrected chi connectivity index (χ0v) is 20.9. The van der Waals surface area contributed by atoms with E-state index in [-0.39, 0.29) is 18.7 Å². The summed E-state index contributed by atoms with van der Waals surface area (Å²) >= 11 is 0. The Morgan fingerprint density at radius 2 is 1.76 bits per heavy atom. The predicted molar refractivity (Wildman–Crippen MR) is 131 cm³/mol. The first-order valence-corrected chi connectivity index (χ1v) is 12.4. The average Bonchev–Trinajstić information content (AvgIpc) is 3.41. The van der Waals surface area contributed by atoms with Crippen molar-refractivity contribution in [2.75, 3.05) is 19.7 Å². The lowest BCUT2D eigenvalue weighted by molar-refractivity contribution is -0.156. The molecular weight excluding hydrogens is 500 g/mol. The summed E-state index contributed by atoms with van der Waals surface area (Å²) in [4.78, 5) is 54.5. The summed E-state index contributed by atoms with van der Waals surface area (Å²) in [5, 5.41) is 12.2. The number of amides is 3. The molecule has 2 N–H and O–H groups in total. The molecule has 38 heavy (non-hydrogen) atoms. The van der Waals surface area contributed by atoms with Gasteiger partial charge >= 0.3 is 5.97 Å². The molecule has 0 spiro atoms. The van der Waals surface area contributed by atoms with E-state index in [1.165, 1.54) is 4.90 Å². The van der Waals surface area contributed by atoms with Gasteiger partial charge in [0.05, 0.1) is 12.5 Å². The maximum Gasteiger partial charge on any atom is 0.305 e. The van der Waals surface area contributed by atoms with Crippen molar-refractivity contribution in [2.24, 2.45) is 0 Å². The van der Waals surface area contributed by atoms with E-state index in [4.69, 9.17) is 4.74 Å². The standard InChI is InChI=1S/C27H29F2N3O6/c1-16-5-2-6-17(11-16)21(15-23(33)34)30-24(35)25-31(26(36)18-12-19(28)14-20(29)13-18)8-4-9-32(25)27(37)22-7-3-10-38-22/h2,5-6,11-14,21-22,25H,3-4,7-10,15H2,1H3,(H,30,35)(H,33,34). The third-order valence-corrected chi connectivity index (χ3v) is 6.62. The Morgan fingerprint density at radius 1 is 1.05 bits per heavy atom. The van der Waals surface area contributed by atoms with Gasteiger partial charge in [-0.25, -0.2) is 8.78 Å². The fourth-order valence-corrected chi connectivity index (χ4v) is 4.91. The molecule has 3 unspecified atom stereocenters. The first-order chi connectivity index (χ1) is 18.1. The molecule has 0 saturated carbocycles. The number of aryl methyl sites for hydroxylation is 1. The van der Waals surface area contributed by atoms with Gasteiger partial charge in [0.2, 0.25) is 0 Å². The second-order valence-corrected chi connectivity index (χ2v) is 9.49. The van der Waals surface area contributed by atoms with E-state index in [2.05, 4.69) is 5.32 Å². The van der Waals surface area contributed by atoms with Crippen molar-refractivity contribution in [2.45, 2.75) is 50.9 Å².